The number of hydrogen-bond donors (Lipinski definition) is 4. The molecule has 138 valence electrons. The third kappa shape index (κ3) is 2.99. The van der Waals surface area contributed by atoms with Crippen LogP contribution in [0.1, 0.15) is 57.1 Å². The molecule has 1 aromatic heterocycles. The molecule has 0 radical (unpaired) electrons. The van der Waals surface area contributed by atoms with E-state index < -0.39 is 23.0 Å². The molecule has 0 atom stereocenters. The lowest BCUT2D eigenvalue weighted by molar-refractivity contribution is 0.0817. The zero-order chi connectivity index (χ0) is 18.2. The molecule has 8 heteroatoms. The monoisotopic (exact) mass is 349 g/mol. The highest BCUT2D eigenvalue weighted by Gasteiger charge is 2.41. The summed E-state index contributed by atoms with van der Waals surface area (Å²) < 4.78 is 2.42. The number of unbranched alkanes of at least 4 members (excludes halogenated alkanes) is 1. The standard InChI is InChI=1S/C17H27N5O3/c1-2-3-8-21-14(23)12(13(18)19)15(24)22(16(21)25)11-4-6-17(7-5-11)9-20-10-17/h11,20,23H,2-10H2,1H3,(H3,18,19). The van der Waals surface area contributed by atoms with Gasteiger partial charge in [0.1, 0.15) is 11.4 Å². The number of nitrogens with zero attached hydrogens (tertiary/aromatic N) is 2. The van der Waals surface area contributed by atoms with Crippen LogP contribution in [-0.2, 0) is 6.54 Å². The summed E-state index contributed by atoms with van der Waals surface area (Å²) in [4.78, 5) is 25.7. The Morgan fingerprint density at radius 2 is 2.00 bits per heavy atom. The molecule has 1 saturated carbocycles. The molecule has 2 heterocycles. The molecule has 1 aliphatic heterocycles. The van der Waals surface area contributed by atoms with Gasteiger partial charge in [0.15, 0.2) is 0 Å². The second-order valence-corrected chi connectivity index (χ2v) is 7.41. The van der Waals surface area contributed by atoms with Gasteiger partial charge in [0.2, 0.25) is 5.88 Å². The number of hydrogen-bond acceptors (Lipinski definition) is 5. The maximum Gasteiger partial charge on any atom is 0.334 e. The molecule has 0 unspecified atom stereocenters. The van der Waals surface area contributed by atoms with Gasteiger partial charge in [-0.2, -0.15) is 0 Å². The second-order valence-electron chi connectivity index (χ2n) is 7.41. The maximum absolute atomic E-state index is 12.9. The fraction of sp³-hybridized carbons (Fsp3) is 0.706. The smallest absolute Gasteiger partial charge is 0.334 e. The average molecular weight is 349 g/mol. The van der Waals surface area contributed by atoms with Crippen LogP contribution in [0.2, 0.25) is 0 Å². The summed E-state index contributed by atoms with van der Waals surface area (Å²) in [6, 6.07) is -0.196. The number of rotatable bonds is 5. The van der Waals surface area contributed by atoms with Crippen LogP contribution in [0.5, 0.6) is 5.88 Å². The minimum atomic E-state index is -0.643. The van der Waals surface area contributed by atoms with Gasteiger partial charge in [0.05, 0.1) is 0 Å². The highest BCUT2D eigenvalue weighted by Crippen LogP contribution is 2.42. The van der Waals surface area contributed by atoms with E-state index >= 15 is 0 Å². The number of nitrogens with two attached hydrogens (primary N) is 1. The molecular weight excluding hydrogens is 322 g/mol. The normalized spacial score (nSPS) is 19.7. The first-order valence-electron chi connectivity index (χ1n) is 9.03. The van der Waals surface area contributed by atoms with Gasteiger partial charge in [0, 0.05) is 25.7 Å². The number of nitrogen functional groups attached to an aromatic ring is 1. The number of amidine groups is 1. The zero-order valence-corrected chi connectivity index (χ0v) is 14.7. The lowest BCUT2D eigenvalue weighted by Gasteiger charge is -2.47. The Kier molecular flexibility index (Phi) is 4.73. The first-order valence-corrected chi connectivity index (χ1v) is 9.03. The number of aromatic nitrogens is 2. The summed E-state index contributed by atoms with van der Waals surface area (Å²) in [5, 5.41) is 21.3. The summed E-state index contributed by atoms with van der Waals surface area (Å²) in [5.74, 6) is -0.986. The Hall–Kier alpha value is -2.09. The van der Waals surface area contributed by atoms with Crippen molar-refractivity contribution in [1.29, 1.82) is 5.41 Å². The quantitative estimate of drug-likeness (QED) is 0.455. The van der Waals surface area contributed by atoms with Crippen LogP contribution in [0.4, 0.5) is 0 Å². The van der Waals surface area contributed by atoms with E-state index in [9.17, 15) is 14.7 Å². The van der Waals surface area contributed by atoms with Gasteiger partial charge >= 0.3 is 5.69 Å². The molecule has 1 aromatic rings. The van der Waals surface area contributed by atoms with Gasteiger partial charge in [-0.25, -0.2) is 4.79 Å². The third-order valence-electron chi connectivity index (χ3n) is 5.73. The van der Waals surface area contributed by atoms with Crippen LogP contribution >= 0.6 is 0 Å². The Bertz CT molecular complexity index is 781. The summed E-state index contributed by atoms with van der Waals surface area (Å²) in [5.41, 5.74) is 4.44. The molecule has 5 N–H and O–H groups in total. The summed E-state index contributed by atoms with van der Waals surface area (Å²) in [7, 11) is 0. The van der Waals surface area contributed by atoms with E-state index in [2.05, 4.69) is 5.32 Å². The van der Waals surface area contributed by atoms with Gasteiger partial charge < -0.3 is 16.2 Å². The third-order valence-corrected chi connectivity index (χ3v) is 5.73. The topological polar surface area (TPSA) is 126 Å². The van der Waals surface area contributed by atoms with Crippen molar-refractivity contribution in [2.24, 2.45) is 11.1 Å². The molecule has 1 aliphatic carbocycles. The molecular formula is C17H27N5O3. The van der Waals surface area contributed by atoms with Crippen molar-refractivity contribution in [2.45, 2.75) is 58.0 Å². The van der Waals surface area contributed by atoms with Crippen LogP contribution in [0, 0.1) is 10.8 Å². The number of nitrogens with one attached hydrogen (secondary N) is 2. The lowest BCUT2D eigenvalue weighted by atomic mass is 9.68. The molecule has 0 amide bonds. The van der Waals surface area contributed by atoms with E-state index in [0.717, 1.165) is 45.2 Å². The molecule has 2 aliphatic rings. The van der Waals surface area contributed by atoms with Crippen LogP contribution in [0.3, 0.4) is 0 Å². The average Bonchev–Trinajstić information content (AvgIpc) is 2.53. The van der Waals surface area contributed by atoms with Crippen LogP contribution in [-0.4, -0.2) is 33.2 Å². The van der Waals surface area contributed by atoms with Crippen molar-refractivity contribution in [1.82, 2.24) is 14.5 Å². The van der Waals surface area contributed by atoms with Gasteiger partial charge in [-0.3, -0.25) is 19.3 Å². The second kappa shape index (κ2) is 6.67. The summed E-state index contributed by atoms with van der Waals surface area (Å²) in [6.45, 7) is 4.30. The molecule has 25 heavy (non-hydrogen) atoms. The lowest BCUT2D eigenvalue weighted by Crippen LogP contribution is -2.56. The molecule has 1 saturated heterocycles. The van der Waals surface area contributed by atoms with Crippen molar-refractivity contribution in [3.8, 4) is 5.88 Å². The molecule has 8 nitrogen and oxygen atoms in total. The van der Waals surface area contributed by atoms with Crippen molar-refractivity contribution >= 4 is 5.84 Å². The van der Waals surface area contributed by atoms with Crippen molar-refractivity contribution in [2.75, 3.05) is 13.1 Å². The van der Waals surface area contributed by atoms with Crippen molar-refractivity contribution in [3.63, 3.8) is 0 Å². The summed E-state index contributed by atoms with van der Waals surface area (Å²) >= 11 is 0. The zero-order valence-electron chi connectivity index (χ0n) is 14.7. The van der Waals surface area contributed by atoms with Gasteiger partial charge in [-0.1, -0.05) is 13.3 Å². The van der Waals surface area contributed by atoms with Gasteiger partial charge in [-0.05, 0) is 37.5 Å². The Balaban J connectivity index is 2.03. The number of aromatic hydroxyl groups is 1. The van der Waals surface area contributed by atoms with Crippen LogP contribution in [0.25, 0.3) is 0 Å². The first-order chi connectivity index (χ1) is 11.9. The molecule has 1 spiro atoms. The van der Waals surface area contributed by atoms with E-state index in [1.165, 1.54) is 9.13 Å². The van der Waals surface area contributed by atoms with Crippen molar-refractivity contribution < 1.29 is 5.11 Å². The van der Waals surface area contributed by atoms with Crippen molar-refractivity contribution in [3.05, 3.63) is 26.4 Å². The summed E-state index contributed by atoms with van der Waals surface area (Å²) in [6.07, 6.45) is 5.00. The van der Waals surface area contributed by atoms with Crippen LogP contribution in [0.15, 0.2) is 9.59 Å². The minimum absolute atomic E-state index is 0.196. The first kappa shape index (κ1) is 17.7. The van der Waals surface area contributed by atoms with Gasteiger partial charge in [-0.15, -0.1) is 0 Å². The largest absolute Gasteiger partial charge is 0.494 e. The fourth-order valence-electron chi connectivity index (χ4n) is 4.04. The SMILES string of the molecule is CCCCn1c(O)c(C(=N)N)c(=O)n(C2CCC3(CC2)CNC3)c1=O. The van der Waals surface area contributed by atoms with E-state index in [1.54, 1.807) is 0 Å². The Morgan fingerprint density at radius 3 is 2.48 bits per heavy atom. The highest BCUT2D eigenvalue weighted by molar-refractivity contribution is 5.96. The molecule has 2 fully saturated rings. The Morgan fingerprint density at radius 1 is 1.36 bits per heavy atom. The van der Waals surface area contributed by atoms with E-state index in [0.29, 0.717) is 18.4 Å². The molecule has 0 aromatic carbocycles. The predicted molar refractivity (Wildman–Crippen MR) is 95.4 cm³/mol. The van der Waals surface area contributed by atoms with E-state index in [1.807, 2.05) is 6.92 Å². The Labute approximate surface area is 146 Å². The van der Waals surface area contributed by atoms with Crippen LogP contribution < -0.4 is 22.3 Å². The fourth-order valence-corrected chi connectivity index (χ4v) is 4.04. The molecule has 0 bridgehead atoms. The maximum atomic E-state index is 12.9. The van der Waals surface area contributed by atoms with Gasteiger partial charge in [0.25, 0.3) is 5.56 Å². The highest BCUT2D eigenvalue weighted by atomic mass is 16.3. The minimum Gasteiger partial charge on any atom is -0.494 e. The predicted octanol–water partition coefficient (Wildman–Crippen LogP) is 0.504. The van der Waals surface area contributed by atoms with E-state index in [4.69, 9.17) is 11.1 Å². The molecule has 3 rings (SSSR count). The van der Waals surface area contributed by atoms with E-state index in [-0.39, 0.29) is 11.6 Å².